The average Bonchev–Trinajstić information content (AvgIpc) is 3.26. The highest BCUT2D eigenvalue weighted by Gasteiger charge is 2.41. The molecule has 3 rings (SSSR count). The van der Waals surface area contributed by atoms with Crippen molar-refractivity contribution in [2.24, 2.45) is 11.7 Å². The lowest BCUT2D eigenvalue weighted by Crippen LogP contribution is -2.53. The van der Waals surface area contributed by atoms with Gasteiger partial charge in [-0.1, -0.05) is 18.2 Å². The summed E-state index contributed by atoms with van der Waals surface area (Å²) in [5.41, 5.74) is 6.85. The molecule has 0 spiro atoms. The molecule has 21 heavy (non-hydrogen) atoms. The third-order valence-corrected chi connectivity index (χ3v) is 4.14. The van der Waals surface area contributed by atoms with E-state index in [1.54, 1.807) is 16.9 Å². The molecule has 0 saturated heterocycles. The van der Waals surface area contributed by atoms with Gasteiger partial charge in [0, 0.05) is 12.7 Å². The first-order valence-corrected chi connectivity index (χ1v) is 7.26. The molecule has 110 valence electrons. The second kappa shape index (κ2) is 5.33. The zero-order valence-electron chi connectivity index (χ0n) is 12.1. The summed E-state index contributed by atoms with van der Waals surface area (Å²) < 4.78 is 1.70. The van der Waals surface area contributed by atoms with E-state index in [2.05, 4.69) is 10.4 Å². The first-order chi connectivity index (χ1) is 10.1. The maximum Gasteiger partial charge on any atom is 0.272 e. The molecule has 1 unspecified atom stereocenters. The normalized spacial score (nSPS) is 17.2. The van der Waals surface area contributed by atoms with Crippen molar-refractivity contribution in [3.63, 3.8) is 0 Å². The van der Waals surface area contributed by atoms with Gasteiger partial charge >= 0.3 is 0 Å². The van der Waals surface area contributed by atoms with Gasteiger partial charge in [-0.2, -0.15) is 5.10 Å². The molecule has 1 heterocycles. The summed E-state index contributed by atoms with van der Waals surface area (Å²) in [6.07, 6.45) is 4.06. The van der Waals surface area contributed by atoms with E-state index in [-0.39, 0.29) is 11.4 Å². The van der Waals surface area contributed by atoms with Gasteiger partial charge in [0.15, 0.2) is 5.69 Å². The second-order valence-electron chi connectivity index (χ2n) is 5.83. The highest BCUT2D eigenvalue weighted by atomic mass is 16.2. The Bertz CT molecular complexity index is 633. The van der Waals surface area contributed by atoms with Crippen molar-refractivity contribution in [1.29, 1.82) is 0 Å². The molecule has 1 aromatic heterocycles. The molecule has 5 heteroatoms. The fourth-order valence-corrected chi connectivity index (χ4v) is 2.53. The fraction of sp³-hybridized carbons (Fsp3) is 0.375. The van der Waals surface area contributed by atoms with Crippen LogP contribution in [0.2, 0.25) is 0 Å². The van der Waals surface area contributed by atoms with Crippen LogP contribution in [0.3, 0.4) is 0 Å². The minimum atomic E-state index is -0.326. The Labute approximate surface area is 124 Å². The Morgan fingerprint density at radius 2 is 2.10 bits per heavy atom. The van der Waals surface area contributed by atoms with Crippen LogP contribution in [0.15, 0.2) is 42.6 Å². The van der Waals surface area contributed by atoms with Crippen LogP contribution in [-0.4, -0.2) is 27.8 Å². The van der Waals surface area contributed by atoms with E-state index >= 15 is 0 Å². The minimum Gasteiger partial charge on any atom is -0.344 e. The molecular formula is C16H20N4O. The molecule has 0 radical (unpaired) electrons. The summed E-state index contributed by atoms with van der Waals surface area (Å²) in [6, 6.07) is 11.4. The predicted molar refractivity (Wildman–Crippen MR) is 81.2 cm³/mol. The van der Waals surface area contributed by atoms with Crippen molar-refractivity contribution in [1.82, 2.24) is 15.1 Å². The fourth-order valence-electron chi connectivity index (χ4n) is 2.53. The molecule has 1 amide bonds. The standard InChI is InChI=1S/C16H20N4O/c1-16(11-17,12-7-8-12)18-15(21)14-9-10-20(19-14)13-5-3-2-4-6-13/h2-6,9-10,12H,7-8,11,17H2,1H3,(H,18,21). The van der Waals surface area contributed by atoms with Gasteiger partial charge in [0.1, 0.15) is 0 Å². The monoisotopic (exact) mass is 284 g/mol. The third-order valence-electron chi connectivity index (χ3n) is 4.14. The van der Waals surface area contributed by atoms with Crippen molar-refractivity contribution >= 4 is 5.91 Å². The maximum atomic E-state index is 12.4. The molecule has 1 fully saturated rings. The van der Waals surface area contributed by atoms with Crippen LogP contribution in [0.25, 0.3) is 5.69 Å². The number of hydrogen-bond acceptors (Lipinski definition) is 3. The third kappa shape index (κ3) is 2.83. The molecule has 1 aliphatic carbocycles. The van der Waals surface area contributed by atoms with E-state index in [1.807, 2.05) is 37.3 Å². The Kier molecular flexibility index (Phi) is 3.51. The summed E-state index contributed by atoms with van der Waals surface area (Å²) in [7, 11) is 0. The summed E-state index contributed by atoms with van der Waals surface area (Å²) in [5.74, 6) is 0.326. The van der Waals surface area contributed by atoms with Gasteiger partial charge in [-0.25, -0.2) is 4.68 Å². The number of hydrogen-bond donors (Lipinski definition) is 2. The summed E-state index contributed by atoms with van der Waals surface area (Å²) in [6.45, 7) is 2.46. The highest BCUT2D eigenvalue weighted by Crippen LogP contribution is 2.39. The van der Waals surface area contributed by atoms with Crippen molar-refractivity contribution in [3.05, 3.63) is 48.3 Å². The number of benzene rings is 1. The number of amides is 1. The van der Waals surface area contributed by atoms with E-state index in [0.29, 0.717) is 18.2 Å². The van der Waals surface area contributed by atoms with Gasteiger partial charge in [-0.15, -0.1) is 0 Å². The number of para-hydroxylation sites is 1. The SMILES string of the molecule is CC(CN)(NC(=O)c1ccn(-c2ccccc2)n1)C1CC1. The quantitative estimate of drug-likeness (QED) is 0.878. The Hall–Kier alpha value is -2.14. The molecule has 1 atom stereocenters. The first kappa shape index (κ1) is 13.8. The summed E-state index contributed by atoms with van der Waals surface area (Å²) >= 11 is 0. The number of nitrogens with zero attached hydrogens (tertiary/aromatic N) is 2. The number of carbonyl (C=O) groups excluding carboxylic acids is 1. The lowest BCUT2D eigenvalue weighted by Gasteiger charge is -2.29. The molecule has 3 N–H and O–H groups in total. The molecule has 0 bridgehead atoms. The topological polar surface area (TPSA) is 72.9 Å². The largest absolute Gasteiger partial charge is 0.344 e. The van der Waals surface area contributed by atoms with Gasteiger partial charge in [0.05, 0.1) is 11.2 Å². The number of aromatic nitrogens is 2. The van der Waals surface area contributed by atoms with Crippen molar-refractivity contribution in [2.45, 2.75) is 25.3 Å². The van der Waals surface area contributed by atoms with Crippen molar-refractivity contribution in [2.75, 3.05) is 6.54 Å². The maximum absolute atomic E-state index is 12.4. The van der Waals surface area contributed by atoms with E-state index in [0.717, 1.165) is 18.5 Å². The molecule has 1 saturated carbocycles. The van der Waals surface area contributed by atoms with Gasteiger partial charge in [-0.3, -0.25) is 4.79 Å². The Morgan fingerprint density at radius 1 is 1.38 bits per heavy atom. The van der Waals surface area contributed by atoms with Gasteiger partial charge in [0.25, 0.3) is 5.91 Å². The lowest BCUT2D eigenvalue weighted by molar-refractivity contribution is 0.0892. The van der Waals surface area contributed by atoms with E-state index in [1.165, 1.54) is 0 Å². The van der Waals surface area contributed by atoms with E-state index < -0.39 is 0 Å². The molecule has 5 nitrogen and oxygen atoms in total. The van der Waals surface area contributed by atoms with Crippen LogP contribution >= 0.6 is 0 Å². The highest BCUT2D eigenvalue weighted by molar-refractivity contribution is 5.92. The number of rotatable bonds is 5. The van der Waals surface area contributed by atoms with Crippen molar-refractivity contribution < 1.29 is 4.79 Å². The Morgan fingerprint density at radius 3 is 2.71 bits per heavy atom. The lowest BCUT2D eigenvalue weighted by atomic mass is 9.96. The van der Waals surface area contributed by atoms with Crippen LogP contribution in [0, 0.1) is 5.92 Å². The zero-order valence-corrected chi connectivity index (χ0v) is 12.1. The van der Waals surface area contributed by atoms with Gasteiger partial charge < -0.3 is 11.1 Å². The molecule has 2 aromatic rings. The average molecular weight is 284 g/mol. The number of carbonyl (C=O) groups is 1. The first-order valence-electron chi connectivity index (χ1n) is 7.26. The molecule has 1 aromatic carbocycles. The Balaban J connectivity index is 1.75. The summed E-state index contributed by atoms with van der Waals surface area (Å²) in [4.78, 5) is 12.4. The van der Waals surface area contributed by atoms with E-state index in [4.69, 9.17) is 5.73 Å². The summed E-state index contributed by atoms with van der Waals surface area (Å²) in [5, 5.41) is 7.39. The zero-order chi connectivity index (χ0) is 14.9. The molecule has 0 aliphatic heterocycles. The van der Waals surface area contributed by atoms with Crippen LogP contribution in [-0.2, 0) is 0 Å². The van der Waals surface area contributed by atoms with Gasteiger partial charge in [-0.05, 0) is 43.9 Å². The molecule has 1 aliphatic rings. The van der Waals surface area contributed by atoms with E-state index in [9.17, 15) is 4.79 Å². The van der Waals surface area contributed by atoms with Crippen LogP contribution < -0.4 is 11.1 Å². The van der Waals surface area contributed by atoms with Crippen LogP contribution in [0.1, 0.15) is 30.3 Å². The van der Waals surface area contributed by atoms with Crippen LogP contribution in [0.5, 0.6) is 0 Å². The number of nitrogens with one attached hydrogen (secondary N) is 1. The van der Waals surface area contributed by atoms with Gasteiger partial charge in [0.2, 0.25) is 0 Å². The minimum absolute atomic E-state index is 0.162. The van der Waals surface area contributed by atoms with Crippen LogP contribution in [0.4, 0.5) is 0 Å². The molecular weight excluding hydrogens is 264 g/mol. The second-order valence-corrected chi connectivity index (χ2v) is 5.83. The van der Waals surface area contributed by atoms with Crippen molar-refractivity contribution in [3.8, 4) is 5.69 Å². The smallest absolute Gasteiger partial charge is 0.272 e. The predicted octanol–water partition coefficient (Wildman–Crippen LogP) is 1.73. The number of nitrogens with two attached hydrogens (primary N) is 1.